The highest BCUT2D eigenvalue weighted by molar-refractivity contribution is 6.24. The van der Waals surface area contributed by atoms with Crippen molar-refractivity contribution in [1.29, 1.82) is 0 Å². The summed E-state index contributed by atoms with van der Waals surface area (Å²) in [6.45, 7) is 0. The summed E-state index contributed by atoms with van der Waals surface area (Å²) >= 11 is 0. The first kappa shape index (κ1) is 42.8. The third-order valence-corrected chi connectivity index (χ3v) is 17.4. The fourth-order valence-electron chi connectivity index (χ4n) is 14.5. The zero-order chi connectivity index (χ0) is 50.0. The van der Waals surface area contributed by atoms with Crippen LogP contribution in [0, 0.1) is 0 Å². The lowest BCUT2D eigenvalue weighted by molar-refractivity contribution is 0.633. The monoisotopic (exact) mass is 960 g/mol. The molecule has 13 aromatic carbocycles. The van der Waals surface area contributed by atoms with Crippen LogP contribution < -0.4 is 0 Å². The number of fused-ring (bicyclic) bond motifs is 18. The zero-order valence-corrected chi connectivity index (χ0v) is 41.7. The number of hydrogen-bond acceptors (Lipinski definition) is 0. The first-order valence-corrected chi connectivity index (χ1v) is 26.7. The molecule has 0 bridgehead atoms. The highest BCUT2D eigenvalue weighted by Crippen LogP contribution is 2.67. The maximum atomic E-state index is 2.60. The smallest absolute Gasteiger partial charge is 0.0622 e. The minimum Gasteiger partial charge on any atom is -0.0622 e. The molecule has 16 rings (SSSR count). The molecule has 3 aliphatic rings. The van der Waals surface area contributed by atoms with Gasteiger partial charge in [0.15, 0.2) is 0 Å². The van der Waals surface area contributed by atoms with Crippen molar-refractivity contribution < 1.29 is 0 Å². The Hall–Kier alpha value is -9.62. The number of rotatable bonds is 5. The molecule has 0 aliphatic heterocycles. The maximum Gasteiger partial charge on any atom is 0.0720 e. The molecule has 0 heteroatoms. The molecule has 0 heterocycles. The fourth-order valence-corrected chi connectivity index (χ4v) is 14.5. The van der Waals surface area contributed by atoms with Gasteiger partial charge in [-0.1, -0.05) is 279 Å². The van der Waals surface area contributed by atoms with Crippen LogP contribution in [0.4, 0.5) is 0 Å². The summed E-state index contributed by atoms with van der Waals surface area (Å²) in [6.07, 6.45) is 0. The third kappa shape index (κ3) is 5.73. The van der Waals surface area contributed by atoms with Gasteiger partial charge in [0.25, 0.3) is 0 Å². The van der Waals surface area contributed by atoms with E-state index in [0.717, 1.165) is 0 Å². The predicted octanol–water partition coefficient (Wildman–Crippen LogP) is 19.4. The molecule has 0 unspecified atom stereocenters. The van der Waals surface area contributed by atoms with Crippen molar-refractivity contribution in [2.24, 2.45) is 0 Å². The van der Waals surface area contributed by atoms with Gasteiger partial charge in [-0.3, -0.25) is 0 Å². The summed E-state index contributed by atoms with van der Waals surface area (Å²) in [7, 11) is 0. The van der Waals surface area contributed by atoms with Gasteiger partial charge < -0.3 is 0 Å². The second-order valence-electron chi connectivity index (χ2n) is 20.9. The molecule has 352 valence electrons. The first-order chi connectivity index (χ1) is 37.7. The third-order valence-electron chi connectivity index (χ3n) is 17.4. The van der Waals surface area contributed by atoms with Crippen LogP contribution in [0.2, 0.25) is 0 Å². The Kier molecular flexibility index (Phi) is 9.27. The Labute approximate surface area is 443 Å². The van der Waals surface area contributed by atoms with Crippen molar-refractivity contribution in [3.63, 3.8) is 0 Å². The molecule has 0 saturated heterocycles. The molecule has 0 amide bonds. The molecule has 0 nitrogen and oxygen atoms in total. The van der Waals surface area contributed by atoms with Gasteiger partial charge in [-0.25, -0.2) is 0 Å². The van der Waals surface area contributed by atoms with Crippen molar-refractivity contribution in [3.05, 3.63) is 336 Å². The molecule has 2 spiro atoms. The molecule has 0 fully saturated rings. The number of benzene rings is 13. The SMILES string of the molecule is c1ccc(-c2ccccc2-c2c3ccccc3c(-c3ccccc3-c3ccccc3)c3cc(-c4ccc5c(c4)C4(c6ccccc6-c6ccccc64)c4ccccc4C54c5ccccc5-c5ccccc54)ccc23)cc1. The average molecular weight is 961 g/mol. The van der Waals surface area contributed by atoms with Crippen LogP contribution in [0.1, 0.15) is 44.5 Å². The summed E-state index contributed by atoms with van der Waals surface area (Å²) in [6, 6.07) is 110. The van der Waals surface area contributed by atoms with Crippen molar-refractivity contribution >= 4 is 21.5 Å². The highest BCUT2D eigenvalue weighted by Gasteiger charge is 2.59. The van der Waals surface area contributed by atoms with Crippen molar-refractivity contribution in [1.82, 2.24) is 0 Å². The van der Waals surface area contributed by atoms with Crippen LogP contribution in [0.15, 0.2) is 291 Å². The molecular weight excluding hydrogens is 913 g/mol. The lowest BCUT2D eigenvalue weighted by Gasteiger charge is -2.49. The van der Waals surface area contributed by atoms with Gasteiger partial charge in [0, 0.05) is 0 Å². The van der Waals surface area contributed by atoms with E-state index >= 15 is 0 Å². The van der Waals surface area contributed by atoms with Crippen LogP contribution >= 0.6 is 0 Å². The standard InChI is InChI=1S/C76H48/c1-3-23-49(24-4-1)53-27-7-9-33-59(53)73-61-35-11-12-36-62(61)74(60-34-10-8-28-54(60)50-25-5-2-6-26-50)64-47-51(43-45-63(64)73)52-44-46-71-72(48-52)76(67-39-19-15-31-57(67)58-32-16-20-40-68(58)76)70-42-22-21-41-69(70)75(71)65-37-17-13-29-55(65)56-30-14-18-38-66(56)75/h1-48H. The Morgan fingerprint density at radius 3 is 0.921 bits per heavy atom. The summed E-state index contributed by atoms with van der Waals surface area (Å²) in [4.78, 5) is 0. The average Bonchev–Trinajstić information content (AvgIpc) is 4.05. The highest BCUT2D eigenvalue weighted by atomic mass is 14.6. The molecule has 0 N–H and O–H groups in total. The summed E-state index contributed by atoms with van der Waals surface area (Å²) in [5.41, 5.74) is 26.9. The van der Waals surface area contributed by atoms with Crippen LogP contribution in [0.5, 0.6) is 0 Å². The Bertz CT molecular complexity index is 4430. The van der Waals surface area contributed by atoms with Crippen LogP contribution in [0.3, 0.4) is 0 Å². The Morgan fingerprint density at radius 1 is 0.158 bits per heavy atom. The van der Waals surface area contributed by atoms with Gasteiger partial charge in [0.05, 0.1) is 10.8 Å². The zero-order valence-electron chi connectivity index (χ0n) is 41.7. The molecular formula is C76H48. The van der Waals surface area contributed by atoms with Crippen molar-refractivity contribution in [3.8, 4) is 77.9 Å². The van der Waals surface area contributed by atoms with E-state index in [2.05, 4.69) is 291 Å². The predicted molar refractivity (Wildman–Crippen MR) is 317 cm³/mol. The molecule has 0 aromatic heterocycles. The lowest BCUT2D eigenvalue weighted by Crippen LogP contribution is -2.43. The van der Waals surface area contributed by atoms with E-state index in [1.54, 1.807) is 0 Å². The quantitative estimate of drug-likeness (QED) is 0.151. The van der Waals surface area contributed by atoms with Gasteiger partial charge in [-0.2, -0.15) is 0 Å². The van der Waals surface area contributed by atoms with Crippen LogP contribution in [0.25, 0.3) is 99.4 Å². The fraction of sp³-hybridized carbons (Fsp3) is 0.0263. The van der Waals surface area contributed by atoms with Crippen LogP contribution in [-0.4, -0.2) is 0 Å². The minimum absolute atomic E-state index is 0.549. The van der Waals surface area contributed by atoms with E-state index in [1.807, 2.05) is 0 Å². The van der Waals surface area contributed by atoms with E-state index in [4.69, 9.17) is 0 Å². The summed E-state index contributed by atoms with van der Waals surface area (Å²) < 4.78 is 0. The molecule has 13 aromatic rings. The van der Waals surface area contributed by atoms with E-state index in [0.29, 0.717) is 0 Å². The van der Waals surface area contributed by atoms with Gasteiger partial charge in [0.1, 0.15) is 0 Å². The normalized spacial score (nSPS) is 13.7. The second-order valence-corrected chi connectivity index (χ2v) is 20.9. The largest absolute Gasteiger partial charge is 0.0720 e. The van der Waals surface area contributed by atoms with Crippen molar-refractivity contribution in [2.45, 2.75) is 10.8 Å². The topological polar surface area (TPSA) is 0 Å². The van der Waals surface area contributed by atoms with Gasteiger partial charge in [-0.15, -0.1) is 0 Å². The van der Waals surface area contributed by atoms with Crippen LogP contribution in [-0.2, 0) is 10.8 Å². The van der Waals surface area contributed by atoms with E-state index in [-0.39, 0.29) is 0 Å². The Morgan fingerprint density at radius 2 is 0.461 bits per heavy atom. The van der Waals surface area contributed by atoms with E-state index in [1.165, 1.54) is 144 Å². The maximum absolute atomic E-state index is 2.60. The lowest BCUT2D eigenvalue weighted by atomic mass is 9.52. The molecule has 0 radical (unpaired) electrons. The number of hydrogen-bond donors (Lipinski definition) is 0. The molecule has 3 aliphatic carbocycles. The van der Waals surface area contributed by atoms with Gasteiger partial charge in [0.2, 0.25) is 0 Å². The van der Waals surface area contributed by atoms with E-state index in [9.17, 15) is 0 Å². The summed E-state index contributed by atoms with van der Waals surface area (Å²) in [5, 5.41) is 4.92. The van der Waals surface area contributed by atoms with Crippen molar-refractivity contribution in [2.75, 3.05) is 0 Å². The van der Waals surface area contributed by atoms with Gasteiger partial charge >= 0.3 is 0 Å². The second kappa shape index (κ2) is 16.4. The minimum atomic E-state index is -0.589. The first-order valence-electron chi connectivity index (χ1n) is 26.7. The summed E-state index contributed by atoms with van der Waals surface area (Å²) in [5.74, 6) is 0. The van der Waals surface area contributed by atoms with Gasteiger partial charge in [-0.05, 0) is 156 Å². The van der Waals surface area contributed by atoms with E-state index < -0.39 is 10.8 Å². The molecule has 76 heavy (non-hydrogen) atoms. The molecule has 0 saturated carbocycles. The Balaban J connectivity index is 1.03. The molecule has 0 atom stereocenters.